The average molecular weight is 765 g/mol. The van der Waals surface area contributed by atoms with Crippen molar-refractivity contribution in [2.45, 2.75) is 197 Å². The molecule has 8 rings (SSSR count). The minimum atomic E-state index is -0.996. The number of carbonyl (C=O) groups excluding carboxylic acids is 1. The van der Waals surface area contributed by atoms with Crippen LogP contribution in [-0.4, -0.2) is 124 Å². The topological polar surface area (TPSA) is 183 Å². The summed E-state index contributed by atoms with van der Waals surface area (Å²) in [6, 6.07) is 0. The molecule has 20 atom stereocenters. The van der Waals surface area contributed by atoms with Gasteiger partial charge < -0.3 is 58.7 Å². The van der Waals surface area contributed by atoms with E-state index in [0.29, 0.717) is 18.4 Å². The zero-order chi connectivity index (χ0) is 38.3. The van der Waals surface area contributed by atoms with Gasteiger partial charge in [0, 0.05) is 30.8 Å². The number of hydrogen-bond acceptors (Lipinski definition) is 13. The second kappa shape index (κ2) is 14.9. The summed E-state index contributed by atoms with van der Waals surface area (Å²) >= 11 is 0. The molecule has 13 heteroatoms. The summed E-state index contributed by atoms with van der Waals surface area (Å²) in [5.74, 6) is 1.13. The highest BCUT2D eigenvalue weighted by atomic mass is 16.7. The number of fused-ring (bicyclic) bond motifs is 5. The predicted octanol–water partition coefficient (Wildman–Crippen LogP) is 3.25. The summed E-state index contributed by atoms with van der Waals surface area (Å²) in [5.41, 5.74) is 0.215. The lowest BCUT2D eigenvalue weighted by atomic mass is 9.43. The SMILES string of the molecule is CC1O[C@@H](O[C@@H]2C(C)O[C@@H](O[C@@H]3C(C)O[C@@H](O[C@H]4CC[C@@]5(C)[C@H](CC[C@@H]6[C@@H]5CC[C@]5(C)[C@@H](C7=CC(=O)OC7)CC[C@]65O)C4)C[C@H]3O)C[C@H]2O)CC(O)[C@@H]1O. The minimum absolute atomic E-state index is 0.0243. The Hall–Kier alpha value is -1.23. The van der Waals surface area contributed by atoms with Crippen LogP contribution in [-0.2, 0) is 38.0 Å². The molecule has 4 heterocycles. The molecule has 4 aliphatic heterocycles. The molecule has 3 saturated heterocycles. The third-order valence-corrected chi connectivity index (χ3v) is 15.9. The lowest BCUT2D eigenvalue weighted by Gasteiger charge is -2.64. The van der Waals surface area contributed by atoms with Crippen molar-refractivity contribution in [1.29, 1.82) is 0 Å². The molecule has 4 unspecified atom stereocenters. The number of carbonyl (C=O) groups is 1. The lowest BCUT2D eigenvalue weighted by Crippen LogP contribution is -2.62. The number of ether oxygens (including phenoxy) is 7. The van der Waals surface area contributed by atoms with Gasteiger partial charge in [0.2, 0.25) is 0 Å². The molecule has 7 fully saturated rings. The van der Waals surface area contributed by atoms with E-state index in [-0.39, 0.29) is 54.0 Å². The fourth-order valence-electron chi connectivity index (χ4n) is 12.8. The van der Waals surface area contributed by atoms with Crippen LogP contribution in [0.25, 0.3) is 0 Å². The van der Waals surface area contributed by atoms with E-state index in [2.05, 4.69) is 13.8 Å². The van der Waals surface area contributed by atoms with E-state index in [1.165, 1.54) is 0 Å². The molecule has 4 aliphatic carbocycles. The Labute approximate surface area is 319 Å². The van der Waals surface area contributed by atoms with Crippen LogP contribution in [0.3, 0.4) is 0 Å². The number of aliphatic hydroxyl groups excluding tert-OH is 4. The Morgan fingerprint density at radius 1 is 0.685 bits per heavy atom. The summed E-state index contributed by atoms with van der Waals surface area (Å²) in [4.78, 5) is 11.9. The van der Waals surface area contributed by atoms with Gasteiger partial charge in [-0.3, -0.25) is 0 Å². The largest absolute Gasteiger partial charge is 0.458 e. The lowest BCUT2D eigenvalue weighted by molar-refractivity contribution is -0.336. The van der Waals surface area contributed by atoms with Crippen molar-refractivity contribution in [3.63, 3.8) is 0 Å². The predicted molar refractivity (Wildman–Crippen MR) is 191 cm³/mol. The van der Waals surface area contributed by atoms with Crippen LogP contribution in [0.5, 0.6) is 0 Å². The first kappa shape index (κ1) is 39.6. The maximum atomic E-state index is 12.6. The van der Waals surface area contributed by atoms with Gasteiger partial charge in [0.25, 0.3) is 0 Å². The highest BCUT2D eigenvalue weighted by Gasteiger charge is 2.68. The maximum absolute atomic E-state index is 12.6. The van der Waals surface area contributed by atoms with Crippen LogP contribution in [0.15, 0.2) is 11.6 Å². The standard InChI is InChI=1S/C41H64O13/c1-20-36(46)29(42)16-34(49-20)53-38-22(3)51-35(18-31(38)44)54-37-21(2)50-33(17-30(37)43)52-25-8-11-39(4)24(15-25)6-7-28-27(39)9-12-40(5)26(10-13-41(28,40)47)23-14-32(45)48-19-23/h14,20-22,24-31,33-38,42-44,46-47H,6-13,15-19H2,1-5H3/t20?,21?,22?,24-,25+,26-,27+,28-,29?,30-,31-,33+,34+,35+,36-,37-,38-,39+,40-,41+/m1/s1. The molecule has 0 radical (unpaired) electrons. The molecule has 5 N–H and O–H groups in total. The van der Waals surface area contributed by atoms with Gasteiger partial charge in [-0.05, 0) is 113 Å². The molecule has 0 aromatic heterocycles. The van der Waals surface area contributed by atoms with Gasteiger partial charge >= 0.3 is 5.97 Å². The normalized spacial score (nSPS) is 55.0. The quantitative estimate of drug-likeness (QED) is 0.188. The van der Waals surface area contributed by atoms with E-state index in [0.717, 1.165) is 63.4 Å². The Morgan fingerprint density at radius 2 is 1.30 bits per heavy atom. The van der Waals surface area contributed by atoms with E-state index < -0.39 is 79.4 Å². The Bertz CT molecular complexity index is 1370. The molecular weight excluding hydrogens is 700 g/mol. The van der Waals surface area contributed by atoms with Crippen LogP contribution in [0.4, 0.5) is 0 Å². The first-order valence-electron chi connectivity index (χ1n) is 20.8. The first-order valence-corrected chi connectivity index (χ1v) is 20.8. The number of rotatable bonds is 7. The highest BCUT2D eigenvalue weighted by Crippen LogP contribution is 2.70. The molecule has 306 valence electrons. The Kier molecular flexibility index (Phi) is 10.9. The van der Waals surface area contributed by atoms with Crippen molar-refractivity contribution in [3.8, 4) is 0 Å². The van der Waals surface area contributed by atoms with E-state index in [4.69, 9.17) is 33.2 Å². The smallest absolute Gasteiger partial charge is 0.331 e. The Balaban J connectivity index is 0.826. The van der Waals surface area contributed by atoms with Crippen molar-refractivity contribution in [2.75, 3.05) is 6.61 Å². The zero-order valence-corrected chi connectivity index (χ0v) is 32.6. The summed E-state index contributed by atoms with van der Waals surface area (Å²) in [7, 11) is 0. The van der Waals surface area contributed by atoms with E-state index in [9.17, 15) is 30.3 Å². The van der Waals surface area contributed by atoms with Gasteiger partial charge in [-0.2, -0.15) is 0 Å². The zero-order valence-electron chi connectivity index (χ0n) is 32.6. The van der Waals surface area contributed by atoms with E-state index in [1.54, 1.807) is 19.9 Å². The van der Waals surface area contributed by atoms with Gasteiger partial charge in [-0.25, -0.2) is 4.79 Å². The van der Waals surface area contributed by atoms with Crippen LogP contribution in [0.2, 0.25) is 0 Å². The number of esters is 1. The average Bonchev–Trinajstić information content (AvgIpc) is 3.66. The van der Waals surface area contributed by atoms with Crippen molar-refractivity contribution in [1.82, 2.24) is 0 Å². The summed E-state index contributed by atoms with van der Waals surface area (Å²) in [6.45, 7) is 10.4. The molecular formula is C41H64O13. The summed E-state index contributed by atoms with van der Waals surface area (Å²) in [5, 5.41) is 55.0. The number of hydrogen-bond donors (Lipinski definition) is 5. The number of aliphatic hydroxyl groups is 5. The second-order valence-corrected chi connectivity index (χ2v) is 18.7. The molecule has 0 spiro atoms. The summed E-state index contributed by atoms with van der Waals surface area (Å²) < 4.78 is 42.2. The number of cyclic esters (lactones) is 1. The fourth-order valence-corrected chi connectivity index (χ4v) is 12.8. The molecule has 0 aromatic carbocycles. The molecule has 0 amide bonds. The van der Waals surface area contributed by atoms with Crippen molar-refractivity contribution in [3.05, 3.63) is 11.6 Å². The second-order valence-electron chi connectivity index (χ2n) is 18.7. The van der Waals surface area contributed by atoms with Crippen molar-refractivity contribution >= 4 is 5.97 Å². The summed E-state index contributed by atoms with van der Waals surface area (Å²) in [6.07, 6.45) is 1.90. The highest BCUT2D eigenvalue weighted by molar-refractivity contribution is 5.85. The minimum Gasteiger partial charge on any atom is -0.458 e. The van der Waals surface area contributed by atoms with Gasteiger partial charge in [0.15, 0.2) is 18.9 Å². The van der Waals surface area contributed by atoms with Crippen molar-refractivity contribution < 1.29 is 63.5 Å². The third-order valence-electron chi connectivity index (χ3n) is 15.9. The van der Waals surface area contributed by atoms with E-state index >= 15 is 0 Å². The molecule has 8 aliphatic rings. The third kappa shape index (κ3) is 6.82. The van der Waals surface area contributed by atoms with Crippen LogP contribution >= 0.6 is 0 Å². The molecule has 0 aromatic rings. The maximum Gasteiger partial charge on any atom is 0.331 e. The molecule has 0 bridgehead atoms. The van der Waals surface area contributed by atoms with Gasteiger partial charge in [0.05, 0.1) is 48.3 Å². The molecule has 54 heavy (non-hydrogen) atoms. The van der Waals surface area contributed by atoms with Crippen molar-refractivity contribution in [2.24, 2.45) is 34.5 Å². The van der Waals surface area contributed by atoms with E-state index in [1.807, 2.05) is 6.92 Å². The first-order chi connectivity index (χ1) is 25.6. The van der Waals surface area contributed by atoms with Gasteiger partial charge in [0.1, 0.15) is 24.9 Å². The Morgan fingerprint density at radius 3 is 1.89 bits per heavy atom. The van der Waals surface area contributed by atoms with Crippen LogP contribution in [0, 0.1) is 34.5 Å². The van der Waals surface area contributed by atoms with Gasteiger partial charge in [-0.1, -0.05) is 13.8 Å². The van der Waals surface area contributed by atoms with Crippen LogP contribution in [0.1, 0.15) is 112 Å². The molecule has 13 nitrogen and oxygen atoms in total. The fraction of sp³-hybridized carbons (Fsp3) is 0.927. The monoisotopic (exact) mass is 764 g/mol. The van der Waals surface area contributed by atoms with Gasteiger partial charge in [-0.15, -0.1) is 0 Å². The molecule has 4 saturated carbocycles. The van der Waals surface area contributed by atoms with Crippen LogP contribution < -0.4 is 0 Å².